The number of aromatic nitrogens is 6. The molecule has 1 N–H and O–H groups in total. The van der Waals surface area contributed by atoms with Crippen molar-refractivity contribution in [1.29, 1.82) is 0 Å². The van der Waals surface area contributed by atoms with Crippen LogP contribution in [0.2, 0.25) is 0 Å². The smallest absolute Gasteiger partial charge is 0.176 e. The van der Waals surface area contributed by atoms with Crippen LogP contribution in [0, 0.1) is 6.92 Å². The van der Waals surface area contributed by atoms with Gasteiger partial charge in [0.05, 0.1) is 23.1 Å². The quantitative estimate of drug-likeness (QED) is 0.618. The first-order valence-corrected chi connectivity index (χ1v) is 7.12. The summed E-state index contributed by atoms with van der Waals surface area (Å²) in [7, 11) is 3.85. The third-order valence-corrected chi connectivity index (χ3v) is 3.89. The lowest BCUT2D eigenvalue weighted by molar-refractivity contribution is 0.773. The second-order valence-corrected chi connectivity index (χ2v) is 5.39. The third-order valence-electron chi connectivity index (χ3n) is 3.89. The number of fused-ring (bicyclic) bond motifs is 1. The number of hydrogen-bond acceptors (Lipinski definition) is 3. The number of benzene rings is 1. The number of imidazole rings is 1. The highest BCUT2D eigenvalue weighted by atomic mass is 15.3. The Morgan fingerprint density at radius 3 is 2.55 bits per heavy atom. The highest BCUT2D eigenvalue weighted by molar-refractivity contribution is 5.83. The Bertz CT molecular complexity index is 923. The molecule has 3 aromatic heterocycles. The lowest BCUT2D eigenvalue weighted by Gasteiger charge is -2.04. The Morgan fingerprint density at radius 2 is 1.82 bits per heavy atom. The van der Waals surface area contributed by atoms with Crippen LogP contribution in [-0.4, -0.2) is 29.5 Å². The van der Waals surface area contributed by atoms with Gasteiger partial charge in [0, 0.05) is 19.7 Å². The van der Waals surface area contributed by atoms with E-state index in [9.17, 15) is 0 Å². The molecule has 0 aliphatic rings. The second kappa shape index (κ2) is 4.56. The average molecular weight is 292 g/mol. The van der Waals surface area contributed by atoms with E-state index in [0.717, 1.165) is 39.5 Å². The van der Waals surface area contributed by atoms with Crippen molar-refractivity contribution in [3.63, 3.8) is 0 Å². The molecule has 0 saturated carbocycles. The van der Waals surface area contributed by atoms with Gasteiger partial charge in [0.1, 0.15) is 11.3 Å². The molecule has 4 aromatic rings. The SMILES string of the molecule is Cc1nn(C)c2nc(-c3cnn(C)c3-c3ccccc3)[nH]c12. The first-order chi connectivity index (χ1) is 10.6. The minimum atomic E-state index is 0.818. The van der Waals surface area contributed by atoms with Crippen LogP contribution in [0.25, 0.3) is 33.8 Å². The van der Waals surface area contributed by atoms with Crippen molar-refractivity contribution >= 4 is 11.2 Å². The first kappa shape index (κ1) is 12.8. The zero-order valence-electron chi connectivity index (χ0n) is 12.7. The highest BCUT2D eigenvalue weighted by Gasteiger charge is 2.18. The van der Waals surface area contributed by atoms with E-state index in [2.05, 4.69) is 27.3 Å². The van der Waals surface area contributed by atoms with Gasteiger partial charge in [0.15, 0.2) is 5.65 Å². The van der Waals surface area contributed by atoms with E-state index < -0.39 is 0 Å². The van der Waals surface area contributed by atoms with Crippen LogP contribution in [0.15, 0.2) is 36.5 Å². The minimum Gasteiger partial charge on any atom is -0.335 e. The van der Waals surface area contributed by atoms with E-state index in [1.54, 1.807) is 4.68 Å². The van der Waals surface area contributed by atoms with Crippen molar-refractivity contribution in [2.75, 3.05) is 0 Å². The van der Waals surface area contributed by atoms with Gasteiger partial charge in [0.2, 0.25) is 0 Å². The van der Waals surface area contributed by atoms with E-state index in [4.69, 9.17) is 4.98 Å². The molecule has 0 fully saturated rings. The van der Waals surface area contributed by atoms with Crippen molar-refractivity contribution < 1.29 is 0 Å². The molecule has 0 saturated heterocycles. The topological polar surface area (TPSA) is 64.3 Å². The van der Waals surface area contributed by atoms with Crippen LogP contribution < -0.4 is 0 Å². The second-order valence-electron chi connectivity index (χ2n) is 5.39. The van der Waals surface area contributed by atoms with Gasteiger partial charge in [-0.1, -0.05) is 30.3 Å². The van der Waals surface area contributed by atoms with Crippen molar-refractivity contribution in [3.8, 4) is 22.6 Å². The van der Waals surface area contributed by atoms with Crippen LogP contribution in [0.4, 0.5) is 0 Å². The summed E-state index contributed by atoms with van der Waals surface area (Å²) in [5.41, 5.74) is 5.93. The Balaban J connectivity index is 1.94. The van der Waals surface area contributed by atoms with Gasteiger partial charge in [-0.25, -0.2) is 9.67 Å². The van der Waals surface area contributed by atoms with Gasteiger partial charge < -0.3 is 4.98 Å². The maximum absolute atomic E-state index is 4.69. The van der Waals surface area contributed by atoms with Crippen LogP contribution in [-0.2, 0) is 14.1 Å². The molecule has 4 rings (SSSR count). The fourth-order valence-electron chi connectivity index (χ4n) is 2.85. The molecule has 3 heterocycles. The van der Waals surface area contributed by atoms with E-state index >= 15 is 0 Å². The number of aromatic amines is 1. The maximum Gasteiger partial charge on any atom is 0.176 e. The van der Waals surface area contributed by atoms with Crippen LogP contribution in [0.1, 0.15) is 5.69 Å². The molecule has 0 aliphatic carbocycles. The number of hydrogen-bond donors (Lipinski definition) is 1. The van der Waals surface area contributed by atoms with Crippen LogP contribution >= 0.6 is 0 Å². The standard InChI is InChI=1S/C16H16N6/c1-10-13-16(22(3)20-10)19-15(18-13)12-9-17-21(2)14(12)11-7-5-4-6-8-11/h4-9H,1-3H3,(H,18,19). The molecule has 0 aliphatic heterocycles. The summed E-state index contributed by atoms with van der Waals surface area (Å²) in [6, 6.07) is 10.2. The van der Waals surface area contributed by atoms with Crippen molar-refractivity contribution in [2.45, 2.75) is 6.92 Å². The third kappa shape index (κ3) is 1.77. The summed E-state index contributed by atoms with van der Waals surface area (Å²) >= 11 is 0. The van der Waals surface area contributed by atoms with Gasteiger partial charge in [-0.2, -0.15) is 10.2 Å². The Hall–Kier alpha value is -2.89. The van der Waals surface area contributed by atoms with E-state index in [1.807, 2.05) is 50.1 Å². The normalized spacial score (nSPS) is 11.4. The summed E-state index contributed by atoms with van der Waals surface area (Å²) in [5, 5.41) is 8.78. The van der Waals surface area contributed by atoms with Crippen LogP contribution in [0.3, 0.4) is 0 Å². The lowest BCUT2D eigenvalue weighted by atomic mass is 10.1. The van der Waals surface area contributed by atoms with Gasteiger partial charge in [0.25, 0.3) is 0 Å². The maximum atomic E-state index is 4.69. The average Bonchev–Trinajstić information content (AvgIpc) is 3.17. The number of nitrogens with one attached hydrogen (secondary N) is 1. The molecule has 6 heteroatoms. The van der Waals surface area contributed by atoms with Crippen molar-refractivity contribution in [3.05, 3.63) is 42.2 Å². The molecule has 0 atom stereocenters. The fraction of sp³-hybridized carbons (Fsp3) is 0.188. The van der Waals surface area contributed by atoms with E-state index in [0.29, 0.717) is 0 Å². The summed E-state index contributed by atoms with van der Waals surface area (Å²) < 4.78 is 3.67. The first-order valence-electron chi connectivity index (χ1n) is 7.12. The number of rotatable bonds is 2. The largest absolute Gasteiger partial charge is 0.335 e. The van der Waals surface area contributed by atoms with E-state index in [1.165, 1.54) is 0 Å². The number of aryl methyl sites for hydroxylation is 3. The summed E-state index contributed by atoms with van der Waals surface area (Å²) in [5.74, 6) is 0.818. The minimum absolute atomic E-state index is 0.818. The predicted octanol–water partition coefficient (Wildman–Crippen LogP) is 2.67. The highest BCUT2D eigenvalue weighted by Crippen LogP contribution is 2.31. The van der Waals surface area contributed by atoms with Crippen molar-refractivity contribution in [2.24, 2.45) is 14.1 Å². The summed E-state index contributed by atoms with van der Waals surface area (Å²) in [4.78, 5) is 8.07. The molecule has 6 nitrogen and oxygen atoms in total. The molecule has 0 unspecified atom stereocenters. The van der Waals surface area contributed by atoms with Crippen molar-refractivity contribution in [1.82, 2.24) is 29.5 Å². The van der Waals surface area contributed by atoms with Gasteiger partial charge in [-0.05, 0) is 6.92 Å². The molecule has 0 radical (unpaired) electrons. The molecular weight excluding hydrogens is 276 g/mol. The zero-order chi connectivity index (χ0) is 15.3. The Labute approximate surface area is 127 Å². The molecule has 0 spiro atoms. The molecule has 0 amide bonds. The lowest BCUT2D eigenvalue weighted by Crippen LogP contribution is -1.95. The van der Waals surface area contributed by atoms with Crippen LogP contribution in [0.5, 0.6) is 0 Å². The molecule has 22 heavy (non-hydrogen) atoms. The Kier molecular flexibility index (Phi) is 2.66. The molecule has 110 valence electrons. The van der Waals surface area contributed by atoms with Gasteiger partial charge in [-0.15, -0.1) is 0 Å². The summed E-state index contributed by atoms with van der Waals surface area (Å²) in [6.45, 7) is 1.98. The number of H-pyrrole nitrogens is 1. The van der Waals surface area contributed by atoms with E-state index in [-0.39, 0.29) is 0 Å². The van der Waals surface area contributed by atoms with Gasteiger partial charge >= 0.3 is 0 Å². The Morgan fingerprint density at radius 1 is 1.05 bits per heavy atom. The molecule has 0 bridgehead atoms. The number of nitrogens with zero attached hydrogens (tertiary/aromatic N) is 5. The summed E-state index contributed by atoms with van der Waals surface area (Å²) in [6.07, 6.45) is 1.85. The zero-order valence-corrected chi connectivity index (χ0v) is 12.7. The predicted molar refractivity (Wildman–Crippen MR) is 85.2 cm³/mol. The fourth-order valence-corrected chi connectivity index (χ4v) is 2.85. The molecular formula is C16H16N6. The molecule has 1 aromatic carbocycles. The van der Waals surface area contributed by atoms with Gasteiger partial charge in [-0.3, -0.25) is 4.68 Å². The monoisotopic (exact) mass is 292 g/mol.